The molecule has 0 nitrogen and oxygen atoms in total. The molecule has 0 saturated carbocycles. The van der Waals surface area contributed by atoms with Gasteiger partial charge in [-0.25, -0.2) is 30.1 Å². The molecule has 0 radical (unpaired) electrons. The van der Waals surface area contributed by atoms with Gasteiger partial charge in [0.05, 0.1) is 7.88 Å². The first kappa shape index (κ1) is 38.7. The van der Waals surface area contributed by atoms with E-state index in [-0.39, 0.29) is 38.3 Å². The first-order chi connectivity index (χ1) is 12.9. The van der Waals surface area contributed by atoms with E-state index in [0.29, 0.717) is 0 Å². The standard InChI is InChI=1S/C12H10S.C6H6.Al.Cl2S2.5ClH.H2S/c1-3-7-11(8-4-1)13-12-9-5-2-6-10-12;1-2-4-6-5-3-1;;1-4(2)3;;;;;;/h1-10H;1-6H;;;5*1H;1H2/q;;+3;;;;;;;/p-3. The lowest BCUT2D eigenvalue weighted by Gasteiger charge is -1.99. The first-order valence-corrected chi connectivity index (χ1v) is 17.2. The van der Waals surface area contributed by atoms with Crippen LogP contribution < -0.4 is 0 Å². The first-order valence-electron chi connectivity index (χ1n) is 7.36. The summed E-state index contributed by atoms with van der Waals surface area (Å²) >= 11 is 4.24. The van der Waals surface area contributed by atoms with Gasteiger partial charge in [0.15, 0.2) is 0 Å². The van der Waals surface area contributed by atoms with Crippen molar-refractivity contribution in [1.29, 1.82) is 0 Å². The Hall–Kier alpha value is 1.49. The Morgan fingerprint density at radius 2 is 0.767 bits per heavy atom. The van der Waals surface area contributed by atoms with Gasteiger partial charge in [0.25, 0.3) is 0 Å². The number of hydrogen-bond acceptors (Lipinski definition) is 2. The fourth-order valence-corrected chi connectivity index (χ4v) is 2.36. The highest BCUT2D eigenvalue weighted by Crippen LogP contribution is 2.26. The Balaban J connectivity index is -0.000000170. The van der Waals surface area contributed by atoms with E-state index >= 15 is 0 Å². The van der Waals surface area contributed by atoms with Gasteiger partial charge in [-0.05, 0) is 56.8 Å². The number of rotatable bonds is 2. The third kappa shape index (κ3) is 31.7. The summed E-state index contributed by atoms with van der Waals surface area (Å²) in [6.45, 7) is 0. The van der Waals surface area contributed by atoms with Crippen LogP contribution >= 0.6 is 102 Å². The lowest BCUT2D eigenvalue weighted by Crippen LogP contribution is -1.70. The van der Waals surface area contributed by atoms with Gasteiger partial charge in [-0.2, -0.15) is 13.5 Å². The largest absolute Gasteiger partial charge is 0.643 e. The second-order valence-electron chi connectivity index (χ2n) is 4.31. The van der Waals surface area contributed by atoms with Gasteiger partial charge in [-0.3, -0.25) is 0 Å². The molecule has 0 fully saturated rings. The zero-order chi connectivity index (χ0) is 20.3. The zero-order valence-electron chi connectivity index (χ0n) is 15.2. The molecule has 168 valence electrons. The third-order valence-electron chi connectivity index (χ3n) is 2.39. The Kier molecular flexibility index (Phi) is 36.8. The van der Waals surface area contributed by atoms with E-state index < -0.39 is 19.3 Å². The Morgan fingerprint density at radius 3 is 0.967 bits per heavy atom. The van der Waals surface area contributed by atoms with Crippen molar-refractivity contribution in [3.63, 3.8) is 0 Å². The van der Waals surface area contributed by atoms with Crippen molar-refractivity contribution >= 4 is 132 Å². The van der Waals surface area contributed by atoms with Crippen molar-refractivity contribution < 1.29 is 0 Å². The maximum absolute atomic E-state index is 4.94. The molecule has 0 atom stereocenters. The minimum Gasteiger partial charge on any atom is -0.214 e. The van der Waals surface area contributed by atoms with Gasteiger partial charge in [0.1, 0.15) is 0 Å². The van der Waals surface area contributed by atoms with Gasteiger partial charge in [0.2, 0.25) is 0 Å². The van der Waals surface area contributed by atoms with Crippen LogP contribution in [0.25, 0.3) is 0 Å². The minimum atomic E-state index is -1.72. The van der Waals surface area contributed by atoms with E-state index in [4.69, 9.17) is 51.5 Å². The highest BCUT2D eigenvalue weighted by Gasteiger charge is 2.00. The molecule has 3 rings (SSSR count). The summed E-state index contributed by atoms with van der Waals surface area (Å²) in [7, 11) is 23.8. The Labute approximate surface area is 236 Å². The molecule has 0 amide bonds. The average Bonchev–Trinajstić information content (AvgIpc) is 2.64. The monoisotopic (exact) mass is 636 g/mol. The van der Waals surface area contributed by atoms with Gasteiger partial charge in [-0.15, -0.1) is 24.8 Å². The van der Waals surface area contributed by atoms with E-state index in [2.05, 4.69) is 59.7 Å². The van der Waals surface area contributed by atoms with Crippen molar-refractivity contribution in [2.24, 2.45) is 0 Å². The molecule has 12 heteroatoms. The van der Waals surface area contributed by atoms with E-state index in [9.17, 15) is 0 Å². The summed E-state index contributed by atoms with van der Waals surface area (Å²) in [6.07, 6.45) is 0. The van der Waals surface area contributed by atoms with Crippen molar-refractivity contribution in [2.75, 3.05) is 0 Å². The van der Waals surface area contributed by atoms with E-state index in [1.165, 1.54) is 9.79 Å². The van der Waals surface area contributed by atoms with Crippen LogP contribution in [-0.2, 0) is 19.1 Å². The van der Waals surface area contributed by atoms with E-state index in [1.807, 2.05) is 48.5 Å². The van der Waals surface area contributed by atoms with Crippen LogP contribution in [0.3, 0.4) is 0 Å². The number of benzene rings is 3. The van der Waals surface area contributed by atoms with Crippen molar-refractivity contribution in [3.8, 4) is 0 Å². The molecule has 0 saturated heterocycles. The third-order valence-corrected chi connectivity index (χ3v) is 3.40. The molecule has 0 aromatic heterocycles. The highest BCUT2D eigenvalue weighted by molar-refractivity contribution is 8.54. The smallest absolute Gasteiger partial charge is 0.214 e. The summed E-state index contributed by atoms with van der Waals surface area (Å²) in [4.78, 5) is 2.57. The molecule has 0 spiro atoms. The Bertz CT molecular complexity index is 641. The van der Waals surface area contributed by atoms with Crippen molar-refractivity contribution in [3.05, 3.63) is 97.1 Å². The number of hydrogen-bond donors (Lipinski definition) is 0. The summed E-state index contributed by atoms with van der Waals surface area (Å²) in [5.41, 5.74) is 0. The fourth-order valence-electron chi connectivity index (χ4n) is 1.50. The quantitative estimate of drug-likeness (QED) is 0.202. The molecule has 3 aromatic rings. The van der Waals surface area contributed by atoms with Crippen LogP contribution in [0, 0.1) is 0 Å². The van der Waals surface area contributed by atoms with Gasteiger partial charge >= 0.3 is 11.4 Å². The van der Waals surface area contributed by atoms with Crippen LogP contribution in [0.2, 0.25) is 0 Å². The van der Waals surface area contributed by atoms with Crippen LogP contribution in [0.1, 0.15) is 0 Å². The Morgan fingerprint density at radius 1 is 0.600 bits per heavy atom. The highest BCUT2D eigenvalue weighted by atomic mass is 36.0. The lowest BCUT2D eigenvalue weighted by atomic mass is 10.4. The minimum absolute atomic E-state index is 0. The second kappa shape index (κ2) is 28.5. The van der Waals surface area contributed by atoms with Crippen LogP contribution in [0.15, 0.2) is 107 Å². The summed E-state index contributed by atoms with van der Waals surface area (Å²) < 4.78 is 0. The average molecular weight is 640 g/mol. The van der Waals surface area contributed by atoms with E-state index in [1.54, 1.807) is 11.8 Å². The molecule has 0 aliphatic rings. The van der Waals surface area contributed by atoms with Crippen molar-refractivity contribution in [1.82, 2.24) is 0 Å². The van der Waals surface area contributed by atoms with Gasteiger partial charge in [0, 0.05) is 9.79 Å². The van der Waals surface area contributed by atoms with Gasteiger partial charge < -0.3 is 0 Å². The molecular weight excluding hydrogens is 620 g/mol. The topological polar surface area (TPSA) is 0 Å². The van der Waals surface area contributed by atoms with Crippen LogP contribution in [0.5, 0.6) is 0 Å². The SMILES string of the molecule is Cl.Cl.S.S=S(Cl)Cl.[Cl][Al]([Cl])[Cl].c1ccc(Sc2ccccc2)cc1.c1ccccc1. The molecule has 0 aliphatic carbocycles. The van der Waals surface area contributed by atoms with E-state index in [0.717, 1.165) is 0 Å². The molecule has 0 N–H and O–H groups in total. The molecule has 0 aliphatic heterocycles. The molecule has 0 bridgehead atoms. The zero-order valence-corrected chi connectivity index (χ0v) is 25.3. The maximum Gasteiger partial charge on any atom is 0.643 e. The fraction of sp³-hybridized carbons (Fsp3) is 0. The van der Waals surface area contributed by atoms with Crippen LogP contribution in [-0.4, -0.2) is 11.4 Å². The molecular formula is C18H20AlCl7S4. The molecule has 30 heavy (non-hydrogen) atoms. The van der Waals surface area contributed by atoms with Gasteiger partial charge in [-0.1, -0.05) is 84.6 Å². The summed E-state index contributed by atoms with van der Waals surface area (Å²) in [6, 6.07) is 32.8. The van der Waals surface area contributed by atoms with Crippen LogP contribution in [0.4, 0.5) is 0 Å². The predicted molar refractivity (Wildman–Crippen MR) is 158 cm³/mol. The van der Waals surface area contributed by atoms with Crippen molar-refractivity contribution in [2.45, 2.75) is 9.79 Å². The second-order valence-corrected chi connectivity index (χ2v) is 16.7. The lowest BCUT2D eigenvalue weighted by molar-refractivity contribution is 1.41. The normalized spacial score (nSPS) is 7.93. The molecule has 3 aromatic carbocycles. The maximum atomic E-state index is 4.94. The molecule has 0 unspecified atom stereocenters. The summed E-state index contributed by atoms with van der Waals surface area (Å²) in [5.74, 6) is 0. The molecule has 0 heterocycles. The summed E-state index contributed by atoms with van der Waals surface area (Å²) in [5, 5.41) is 0. The number of halogens is 7. The predicted octanol–water partition coefficient (Wildman–Crippen LogP) is 9.54.